The second-order valence-electron chi connectivity index (χ2n) is 5.65. The molecule has 9 heteroatoms. The van der Waals surface area contributed by atoms with E-state index in [1.54, 1.807) is 6.92 Å². The van der Waals surface area contributed by atoms with Gasteiger partial charge >= 0.3 is 5.97 Å². The van der Waals surface area contributed by atoms with Gasteiger partial charge < -0.3 is 10.1 Å². The first kappa shape index (κ1) is 17.7. The van der Waals surface area contributed by atoms with Crippen molar-refractivity contribution < 1.29 is 27.1 Å². The molecule has 0 saturated carbocycles. The second-order valence-corrected chi connectivity index (χ2v) is 8.27. The van der Waals surface area contributed by atoms with E-state index in [1.165, 1.54) is 6.07 Å². The van der Waals surface area contributed by atoms with E-state index in [4.69, 9.17) is 16.3 Å². The maximum atomic E-state index is 13.5. The summed E-state index contributed by atoms with van der Waals surface area (Å²) in [4.78, 5) is 23.5. The highest BCUT2D eigenvalue weighted by molar-refractivity contribution is 7.91. The van der Waals surface area contributed by atoms with Gasteiger partial charge in [-0.2, -0.15) is 0 Å². The summed E-state index contributed by atoms with van der Waals surface area (Å²) in [6.45, 7) is 0.979. The van der Waals surface area contributed by atoms with Crippen molar-refractivity contribution in [2.24, 2.45) is 0 Å². The summed E-state index contributed by atoms with van der Waals surface area (Å²) < 4.78 is 41.2. The zero-order chi connectivity index (χ0) is 17.3. The van der Waals surface area contributed by atoms with Crippen LogP contribution in [0.25, 0.3) is 0 Å². The molecular formula is C14H15ClFNO5S. The van der Waals surface area contributed by atoms with Gasteiger partial charge in [-0.15, -0.1) is 0 Å². The van der Waals surface area contributed by atoms with E-state index in [9.17, 15) is 22.4 Å². The molecule has 23 heavy (non-hydrogen) atoms. The van der Waals surface area contributed by atoms with Crippen molar-refractivity contribution in [1.29, 1.82) is 0 Å². The van der Waals surface area contributed by atoms with E-state index in [2.05, 4.69) is 5.32 Å². The first-order valence-electron chi connectivity index (χ1n) is 6.74. The summed E-state index contributed by atoms with van der Waals surface area (Å²) in [5, 5.41) is 2.66. The number of ether oxygens (including phenoxy) is 1. The fraction of sp³-hybridized carbons (Fsp3) is 0.429. The molecule has 1 aromatic carbocycles. The van der Waals surface area contributed by atoms with Gasteiger partial charge in [-0.3, -0.25) is 4.79 Å². The third-order valence-electron chi connectivity index (χ3n) is 3.43. The molecule has 1 heterocycles. The van der Waals surface area contributed by atoms with Crippen molar-refractivity contribution >= 4 is 33.3 Å². The Labute approximate surface area is 137 Å². The smallest absolute Gasteiger partial charge is 0.341 e. The number of amides is 1. The normalized spacial score (nSPS) is 22.6. The van der Waals surface area contributed by atoms with Gasteiger partial charge in [-0.1, -0.05) is 11.6 Å². The highest BCUT2D eigenvalue weighted by Crippen LogP contribution is 2.22. The molecule has 1 amide bonds. The first-order chi connectivity index (χ1) is 10.6. The van der Waals surface area contributed by atoms with Crippen molar-refractivity contribution in [3.8, 4) is 0 Å². The van der Waals surface area contributed by atoms with Crippen LogP contribution in [0.15, 0.2) is 18.2 Å². The topological polar surface area (TPSA) is 89.5 Å². The molecule has 1 saturated heterocycles. The van der Waals surface area contributed by atoms with E-state index in [0.29, 0.717) is 6.42 Å². The lowest BCUT2D eigenvalue weighted by Gasteiger charge is -2.23. The van der Waals surface area contributed by atoms with Crippen molar-refractivity contribution in [3.63, 3.8) is 0 Å². The lowest BCUT2D eigenvalue weighted by Crippen LogP contribution is -2.48. The Morgan fingerprint density at radius 1 is 1.43 bits per heavy atom. The van der Waals surface area contributed by atoms with Crippen LogP contribution >= 0.6 is 11.6 Å². The van der Waals surface area contributed by atoms with Crippen LogP contribution in [0, 0.1) is 5.82 Å². The summed E-state index contributed by atoms with van der Waals surface area (Å²) in [6.07, 6.45) is 0.292. The molecule has 6 nitrogen and oxygen atoms in total. The molecule has 1 atom stereocenters. The first-order valence-corrected chi connectivity index (χ1v) is 8.94. The van der Waals surface area contributed by atoms with Gasteiger partial charge in [0.15, 0.2) is 16.4 Å². The maximum Gasteiger partial charge on any atom is 0.341 e. The zero-order valence-corrected chi connectivity index (χ0v) is 13.8. The second kappa shape index (κ2) is 6.45. The van der Waals surface area contributed by atoms with Crippen LogP contribution in [0.3, 0.4) is 0 Å². The summed E-state index contributed by atoms with van der Waals surface area (Å²) >= 11 is 5.58. The van der Waals surface area contributed by atoms with Crippen LogP contribution in [-0.4, -0.2) is 43.9 Å². The molecule has 0 unspecified atom stereocenters. The molecule has 1 fully saturated rings. The number of sulfone groups is 1. The molecule has 0 spiro atoms. The highest BCUT2D eigenvalue weighted by Gasteiger charge is 2.39. The van der Waals surface area contributed by atoms with Gasteiger partial charge in [0.05, 0.1) is 22.6 Å². The van der Waals surface area contributed by atoms with Gasteiger partial charge in [0.2, 0.25) is 0 Å². The Kier molecular flexibility index (Phi) is 4.95. The summed E-state index contributed by atoms with van der Waals surface area (Å²) in [6, 6.07) is 3.44. The molecule has 2 rings (SSSR count). The summed E-state index contributed by atoms with van der Waals surface area (Å²) in [5.41, 5.74) is -1.22. The predicted molar refractivity (Wildman–Crippen MR) is 81.5 cm³/mol. The van der Waals surface area contributed by atoms with Crippen molar-refractivity contribution in [1.82, 2.24) is 5.32 Å². The van der Waals surface area contributed by atoms with E-state index in [-0.39, 0.29) is 22.1 Å². The minimum Gasteiger partial charge on any atom is -0.452 e. The van der Waals surface area contributed by atoms with Crippen LogP contribution in [0.2, 0.25) is 5.02 Å². The van der Waals surface area contributed by atoms with Crippen LogP contribution in [0.4, 0.5) is 4.39 Å². The van der Waals surface area contributed by atoms with Gasteiger partial charge in [-0.25, -0.2) is 17.6 Å². The number of esters is 1. The summed E-state index contributed by atoms with van der Waals surface area (Å²) in [5.74, 6) is -2.66. The number of rotatable bonds is 4. The molecule has 1 aliphatic heterocycles. The van der Waals surface area contributed by atoms with E-state index in [0.717, 1.165) is 12.1 Å². The predicted octanol–water partition coefficient (Wildman–Crippen LogP) is 1.33. The Balaban J connectivity index is 1.90. The van der Waals surface area contributed by atoms with Crippen LogP contribution < -0.4 is 5.32 Å². The number of carbonyl (C=O) groups excluding carboxylic acids is 2. The van der Waals surface area contributed by atoms with Gasteiger partial charge in [0, 0.05) is 5.02 Å². The SMILES string of the molecule is C[C@]1(NC(=O)COC(=O)c2ccc(Cl)cc2F)CCS(=O)(=O)C1. The molecule has 0 aromatic heterocycles. The summed E-state index contributed by atoms with van der Waals surface area (Å²) in [7, 11) is -3.17. The minimum absolute atomic E-state index is 0.000443. The monoisotopic (exact) mass is 363 g/mol. The fourth-order valence-corrected chi connectivity index (χ4v) is 4.60. The molecule has 0 radical (unpaired) electrons. The Morgan fingerprint density at radius 2 is 2.13 bits per heavy atom. The van der Waals surface area contributed by atoms with E-state index < -0.39 is 39.7 Å². The number of benzene rings is 1. The highest BCUT2D eigenvalue weighted by atomic mass is 35.5. The Morgan fingerprint density at radius 3 is 2.70 bits per heavy atom. The quantitative estimate of drug-likeness (QED) is 0.815. The third kappa shape index (κ3) is 4.65. The average molecular weight is 364 g/mol. The lowest BCUT2D eigenvalue weighted by atomic mass is 10.0. The molecule has 0 aliphatic carbocycles. The van der Waals surface area contributed by atoms with Gasteiger partial charge in [0.25, 0.3) is 5.91 Å². The molecule has 1 N–H and O–H groups in total. The maximum absolute atomic E-state index is 13.5. The van der Waals surface area contributed by atoms with E-state index >= 15 is 0 Å². The molecular weight excluding hydrogens is 349 g/mol. The number of hydrogen-bond acceptors (Lipinski definition) is 5. The van der Waals surface area contributed by atoms with Crippen LogP contribution in [0.1, 0.15) is 23.7 Å². The van der Waals surface area contributed by atoms with E-state index in [1.807, 2.05) is 0 Å². The third-order valence-corrected chi connectivity index (χ3v) is 5.57. The number of nitrogens with one attached hydrogen (secondary N) is 1. The number of halogens is 2. The Hall–Kier alpha value is -1.67. The fourth-order valence-electron chi connectivity index (χ4n) is 2.35. The van der Waals surface area contributed by atoms with Crippen molar-refractivity contribution in [2.45, 2.75) is 18.9 Å². The standard InChI is InChI=1S/C14H15ClFNO5S/c1-14(4-5-23(20,21)8-14)17-12(18)7-22-13(19)10-3-2-9(15)6-11(10)16/h2-3,6H,4-5,7-8H2,1H3,(H,17,18)/t14-/m0/s1. The van der Waals surface area contributed by atoms with Gasteiger partial charge in [0.1, 0.15) is 5.82 Å². The Bertz CT molecular complexity index is 752. The van der Waals surface area contributed by atoms with Gasteiger partial charge in [-0.05, 0) is 31.5 Å². The number of hydrogen-bond donors (Lipinski definition) is 1. The molecule has 0 bridgehead atoms. The zero-order valence-electron chi connectivity index (χ0n) is 12.3. The molecule has 1 aromatic rings. The number of carbonyl (C=O) groups is 2. The van der Waals surface area contributed by atoms with Crippen LogP contribution in [0.5, 0.6) is 0 Å². The van der Waals surface area contributed by atoms with Crippen molar-refractivity contribution in [2.75, 3.05) is 18.1 Å². The van der Waals surface area contributed by atoms with Crippen molar-refractivity contribution in [3.05, 3.63) is 34.6 Å². The van der Waals surface area contributed by atoms with Crippen LogP contribution in [-0.2, 0) is 19.4 Å². The molecule has 126 valence electrons. The average Bonchev–Trinajstić information content (AvgIpc) is 2.69. The minimum atomic E-state index is -3.17. The largest absolute Gasteiger partial charge is 0.452 e. The lowest BCUT2D eigenvalue weighted by molar-refractivity contribution is -0.125. The molecule has 1 aliphatic rings.